The molecule has 0 aliphatic heterocycles. The lowest BCUT2D eigenvalue weighted by Crippen LogP contribution is -2.58. The number of hydrogen-bond donors (Lipinski definition) is 3. The third-order valence-corrected chi connectivity index (χ3v) is 3.98. The quantitative estimate of drug-likeness (QED) is 0.790. The van der Waals surface area contributed by atoms with Crippen LogP contribution in [0.1, 0.15) is 39.0 Å². The maximum absolute atomic E-state index is 12.3. The summed E-state index contributed by atoms with van der Waals surface area (Å²) in [7, 11) is 0. The summed E-state index contributed by atoms with van der Waals surface area (Å²) in [6, 6.07) is 8.56. The van der Waals surface area contributed by atoms with E-state index >= 15 is 0 Å². The SMILES string of the molecule is CC(NC(=O)C1(N)CCCCC1)C(=O)Nc1ccccc1. The first kappa shape index (κ1) is 15.5. The molecular formula is C16H23N3O2. The first-order chi connectivity index (χ1) is 10.0. The van der Waals surface area contributed by atoms with E-state index in [4.69, 9.17) is 5.73 Å². The number of carbonyl (C=O) groups is 2. The second kappa shape index (κ2) is 6.72. The van der Waals surface area contributed by atoms with Crippen LogP contribution < -0.4 is 16.4 Å². The van der Waals surface area contributed by atoms with Crippen molar-refractivity contribution in [3.8, 4) is 0 Å². The van der Waals surface area contributed by atoms with E-state index in [-0.39, 0.29) is 11.8 Å². The van der Waals surface area contributed by atoms with E-state index in [0.29, 0.717) is 18.5 Å². The zero-order valence-corrected chi connectivity index (χ0v) is 12.4. The van der Waals surface area contributed by atoms with Crippen molar-refractivity contribution in [3.63, 3.8) is 0 Å². The number of carbonyl (C=O) groups excluding carboxylic acids is 2. The molecule has 1 aromatic rings. The highest BCUT2D eigenvalue weighted by Gasteiger charge is 2.36. The van der Waals surface area contributed by atoms with Crippen molar-refractivity contribution >= 4 is 17.5 Å². The molecule has 1 aromatic carbocycles. The monoisotopic (exact) mass is 289 g/mol. The van der Waals surface area contributed by atoms with Crippen molar-refractivity contribution in [3.05, 3.63) is 30.3 Å². The van der Waals surface area contributed by atoms with Crippen LogP contribution in [0.2, 0.25) is 0 Å². The Bertz CT molecular complexity index is 496. The standard InChI is InChI=1S/C16H23N3O2/c1-12(14(20)19-13-8-4-2-5-9-13)18-15(21)16(17)10-6-3-7-11-16/h2,4-5,8-9,12H,3,6-7,10-11,17H2,1H3,(H,18,21)(H,19,20). The van der Waals surface area contributed by atoms with E-state index in [9.17, 15) is 9.59 Å². The lowest BCUT2D eigenvalue weighted by atomic mass is 9.82. The Balaban J connectivity index is 1.89. The van der Waals surface area contributed by atoms with Gasteiger partial charge in [-0.25, -0.2) is 0 Å². The van der Waals surface area contributed by atoms with Crippen LogP contribution >= 0.6 is 0 Å². The van der Waals surface area contributed by atoms with Crippen molar-refractivity contribution < 1.29 is 9.59 Å². The van der Waals surface area contributed by atoms with E-state index in [0.717, 1.165) is 19.3 Å². The summed E-state index contributed by atoms with van der Waals surface area (Å²) in [5.41, 5.74) is 6.05. The minimum Gasteiger partial charge on any atom is -0.343 e. The summed E-state index contributed by atoms with van der Waals surface area (Å²) in [4.78, 5) is 24.3. The lowest BCUT2D eigenvalue weighted by Gasteiger charge is -2.32. The third kappa shape index (κ3) is 4.04. The molecule has 0 spiro atoms. The summed E-state index contributed by atoms with van der Waals surface area (Å²) in [5.74, 6) is -0.466. The summed E-state index contributed by atoms with van der Waals surface area (Å²) < 4.78 is 0. The molecule has 1 saturated carbocycles. The Morgan fingerprint density at radius 3 is 2.38 bits per heavy atom. The van der Waals surface area contributed by atoms with Gasteiger partial charge in [-0.3, -0.25) is 9.59 Å². The molecule has 0 bridgehead atoms. The average Bonchev–Trinajstić information content (AvgIpc) is 2.49. The molecule has 5 nitrogen and oxygen atoms in total. The van der Waals surface area contributed by atoms with E-state index in [1.807, 2.05) is 18.2 Å². The van der Waals surface area contributed by atoms with Gasteiger partial charge in [-0.1, -0.05) is 37.5 Å². The number of para-hydroxylation sites is 1. The summed E-state index contributed by atoms with van der Waals surface area (Å²) >= 11 is 0. The molecule has 21 heavy (non-hydrogen) atoms. The number of hydrogen-bond acceptors (Lipinski definition) is 3. The predicted molar refractivity (Wildman–Crippen MR) is 82.7 cm³/mol. The van der Waals surface area contributed by atoms with Crippen LogP contribution in [0.5, 0.6) is 0 Å². The van der Waals surface area contributed by atoms with E-state index in [2.05, 4.69) is 10.6 Å². The maximum Gasteiger partial charge on any atom is 0.246 e. The van der Waals surface area contributed by atoms with Gasteiger partial charge in [0.25, 0.3) is 0 Å². The summed E-state index contributed by atoms with van der Waals surface area (Å²) in [6.07, 6.45) is 4.43. The second-order valence-electron chi connectivity index (χ2n) is 5.77. The molecular weight excluding hydrogens is 266 g/mol. The van der Waals surface area contributed by atoms with Crippen molar-refractivity contribution in [2.75, 3.05) is 5.32 Å². The fourth-order valence-corrected chi connectivity index (χ4v) is 2.59. The molecule has 2 amide bonds. The van der Waals surface area contributed by atoms with Crippen molar-refractivity contribution in [2.45, 2.75) is 50.6 Å². The number of benzene rings is 1. The molecule has 4 N–H and O–H groups in total. The molecule has 0 aromatic heterocycles. The van der Waals surface area contributed by atoms with Crippen LogP contribution in [-0.4, -0.2) is 23.4 Å². The van der Waals surface area contributed by atoms with Crippen LogP contribution in [0.15, 0.2) is 30.3 Å². The molecule has 2 rings (SSSR count). The van der Waals surface area contributed by atoms with Crippen molar-refractivity contribution in [1.29, 1.82) is 0 Å². The Hall–Kier alpha value is -1.88. The van der Waals surface area contributed by atoms with Gasteiger partial charge in [-0.15, -0.1) is 0 Å². The van der Waals surface area contributed by atoms with Gasteiger partial charge in [0.15, 0.2) is 0 Å². The minimum absolute atomic E-state index is 0.224. The molecule has 0 saturated heterocycles. The number of nitrogens with one attached hydrogen (secondary N) is 2. The van der Waals surface area contributed by atoms with Crippen LogP contribution in [0.4, 0.5) is 5.69 Å². The van der Waals surface area contributed by atoms with Gasteiger partial charge in [0.1, 0.15) is 6.04 Å². The smallest absolute Gasteiger partial charge is 0.246 e. The highest BCUT2D eigenvalue weighted by molar-refractivity contribution is 5.98. The van der Waals surface area contributed by atoms with E-state index in [1.165, 1.54) is 0 Å². The first-order valence-corrected chi connectivity index (χ1v) is 7.47. The van der Waals surface area contributed by atoms with Gasteiger partial charge in [0.05, 0.1) is 5.54 Å². The van der Waals surface area contributed by atoms with Gasteiger partial charge < -0.3 is 16.4 Å². The zero-order valence-electron chi connectivity index (χ0n) is 12.4. The van der Waals surface area contributed by atoms with Crippen LogP contribution in [-0.2, 0) is 9.59 Å². The Kier molecular flexibility index (Phi) is 4.96. The third-order valence-electron chi connectivity index (χ3n) is 3.98. The van der Waals surface area contributed by atoms with Gasteiger partial charge in [0, 0.05) is 5.69 Å². The minimum atomic E-state index is -0.820. The normalized spacial score (nSPS) is 18.6. The van der Waals surface area contributed by atoms with Crippen LogP contribution in [0, 0.1) is 0 Å². The molecule has 0 radical (unpaired) electrons. The summed E-state index contributed by atoms with van der Waals surface area (Å²) in [5, 5.41) is 5.50. The number of amides is 2. The number of nitrogens with two attached hydrogens (primary N) is 1. The van der Waals surface area contributed by atoms with Gasteiger partial charge in [-0.05, 0) is 31.9 Å². The topological polar surface area (TPSA) is 84.2 Å². The maximum atomic E-state index is 12.3. The highest BCUT2D eigenvalue weighted by atomic mass is 16.2. The highest BCUT2D eigenvalue weighted by Crippen LogP contribution is 2.26. The Morgan fingerprint density at radius 2 is 1.76 bits per heavy atom. The largest absolute Gasteiger partial charge is 0.343 e. The molecule has 1 unspecified atom stereocenters. The Labute approximate surface area is 125 Å². The van der Waals surface area contributed by atoms with Crippen LogP contribution in [0.25, 0.3) is 0 Å². The molecule has 1 aliphatic rings. The van der Waals surface area contributed by atoms with Crippen molar-refractivity contribution in [1.82, 2.24) is 5.32 Å². The summed E-state index contributed by atoms with van der Waals surface area (Å²) in [6.45, 7) is 1.67. The lowest BCUT2D eigenvalue weighted by molar-refractivity contribution is -0.131. The molecule has 1 fully saturated rings. The van der Waals surface area contributed by atoms with Gasteiger partial charge in [-0.2, -0.15) is 0 Å². The van der Waals surface area contributed by atoms with E-state index < -0.39 is 11.6 Å². The molecule has 0 heterocycles. The van der Waals surface area contributed by atoms with Crippen molar-refractivity contribution in [2.24, 2.45) is 5.73 Å². The fourth-order valence-electron chi connectivity index (χ4n) is 2.59. The van der Waals surface area contributed by atoms with Crippen LogP contribution in [0.3, 0.4) is 0 Å². The molecule has 114 valence electrons. The fraction of sp³-hybridized carbons (Fsp3) is 0.500. The number of anilines is 1. The van der Waals surface area contributed by atoms with E-state index in [1.54, 1.807) is 19.1 Å². The van der Waals surface area contributed by atoms with Gasteiger partial charge >= 0.3 is 0 Å². The number of rotatable bonds is 4. The Morgan fingerprint density at radius 1 is 1.14 bits per heavy atom. The van der Waals surface area contributed by atoms with Gasteiger partial charge in [0.2, 0.25) is 11.8 Å². The molecule has 1 aliphatic carbocycles. The average molecular weight is 289 g/mol. The second-order valence-corrected chi connectivity index (χ2v) is 5.77. The molecule has 5 heteroatoms. The molecule has 1 atom stereocenters. The predicted octanol–water partition coefficient (Wildman–Crippen LogP) is 1.79. The first-order valence-electron chi connectivity index (χ1n) is 7.47. The zero-order chi connectivity index (χ0) is 15.3.